The number of nitrogens with two attached hydrogens (primary N) is 1. The Hall–Kier alpha value is -1.33. The van der Waals surface area contributed by atoms with Gasteiger partial charge in [0.1, 0.15) is 10.7 Å². The number of nitrogens with one attached hydrogen (secondary N) is 1. The van der Waals surface area contributed by atoms with E-state index in [0.717, 1.165) is 21.5 Å². The van der Waals surface area contributed by atoms with Crippen LogP contribution in [0.3, 0.4) is 0 Å². The van der Waals surface area contributed by atoms with Gasteiger partial charge in [-0.15, -0.1) is 0 Å². The number of rotatable bonds is 4. The van der Waals surface area contributed by atoms with E-state index in [1.54, 1.807) is 6.26 Å². The Morgan fingerprint density at radius 1 is 1.44 bits per heavy atom. The van der Waals surface area contributed by atoms with Crippen molar-refractivity contribution in [3.8, 4) is 0 Å². The maximum Gasteiger partial charge on any atom is 0.125 e. The van der Waals surface area contributed by atoms with Gasteiger partial charge in [-0.25, -0.2) is 0 Å². The summed E-state index contributed by atoms with van der Waals surface area (Å²) in [5.41, 5.74) is 7.43. The van der Waals surface area contributed by atoms with Crippen molar-refractivity contribution in [3.05, 3.63) is 52.4 Å². The summed E-state index contributed by atoms with van der Waals surface area (Å²) in [7, 11) is 0. The first-order valence-corrected chi connectivity index (χ1v) is 6.67. The van der Waals surface area contributed by atoms with Crippen molar-refractivity contribution in [2.24, 2.45) is 5.73 Å². The molecule has 0 aliphatic heterocycles. The molecule has 1 heterocycles. The number of furan rings is 1. The van der Waals surface area contributed by atoms with Gasteiger partial charge in [-0.1, -0.05) is 28.1 Å². The first-order chi connectivity index (χ1) is 8.58. The minimum Gasteiger partial charge on any atom is -0.467 e. The van der Waals surface area contributed by atoms with Gasteiger partial charge < -0.3 is 15.5 Å². The Morgan fingerprint density at radius 3 is 2.83 bits per heavy atom. The second kappa shape index (κ2) is 5.54. The third-order valence-electron chi connectivity index (χ3n) is 2.59. The second-order valence-corrected chi connectivity index (χ2v) is 5.29. The number of benzene rings is 1. The van der Waals surface area contributed by atoms with E-state index in [9.17, 15) is 0 Å². The molecule has 0 spiro atoms. The van der Waals surface area contributed by atoms with Gasteiger partial charge in [0.15, 0.2) is 0 Å². The molecule has 0 aliphatic rings. The fourth-order valence-corrected chi connectivity index (χ4v) is 2.23. The summed E-state index contributed by atoms with van der Waals surface area (Å²) >= 11 is 8.48. The van der Waals surface area contributed by atoms with Crippen LogP contribution < -0.4 is 11.1 Å². The average Bonchev–Trinajstić information content (AvgIpc) is 2.81. The van der Waals surface area contributed by atoms with E-state index in [1.807, 2.05) is 37.3 Å². The van der Waals surface area contributed by atoms with Crippen LogP contribution >= 0.6 is 28.1 Å². The minimum absolute atomic E-state index is 0.0439. The van der Waals surface area contributed by atoms with Crippen molar-refractivity contribution in [3.63, 3.8) is 0 Å². The molecule has 0 saturated carbocycles. The number of hydrogen-bond donors (Lipinski definition) is 2. The normalized spacial score (nSPS) is 12.1. The van der Waals surface area contributed by atoms with Crippen molar-refractivity contribution in [2.75, 3.05) is 5.32 Å². The zero-order chi connectivity index (χ0) is 13.1. The zero-order valence-electron chi connectivity index (χ0n) is 9.81. The molecular formula is C13H13BrN2OS. The number of hydrogen-bond acceptors (Lipinski definition) is 3. The van der Waals surface area contributed by atoms with E-state index in [2.05, 4.69) is 21.2 Å². The molecular weight excluding hydrogens is 312 g/mol. The summed E-state index contributed by atoms with van der Waals surface area (Å²) < 4.78 is 6.33. The van der Waals surface area contributed by atoms with Gasteiger partial charge in [-0.2, -0.15) is 0 Å². The molecule has 1 aromatic heterocycles. The fraction of sp³-hybridized carbons (Fsp3) is 0.154. The Balaban J connectivity index is 2.28. The van der Waals surface area contributed by atoms with Gasteiger partial charge in [-0.05, 0) is 37.3 Å². The molecule has 3 N–H and O–H groups in total. The second-order valence-electron chi connectivity index (χ2n) is 3.94. The maximum absolute atomic E-state index is 5.71. The van der Waals surface area contributed by atoms with Crippen LogP contribution in [0, 0.1) is 0 Å². The van der Waals surface area contributed by atoms with Crippen molar-refractivity contribution in [1.29, 1.82) is 0 Å². The van der Waals surface area contributed by atoms with E-state index in [1.165, 1.54) is 0 Å². The van der Waals surface area contributed by atoms with Crippen LogP contribution in [-0.2, 0) is 0 Å². The third kappa shape index (κ3) is 2.91. The summed E-state index contributed by atoms with van der Waals surface area (Å²) in [5.74, 6) is 0.865. The summed E-state index contributed by atoms with van der Waals surface area (Å²) in [4.78, 5) is 0.372. The molecule has 0 bridgehead atoms. The Kier molecular flexibility index (Phi) is 4.04. The highest BCUT2D eigenvalue weighted by Gasteiger charge is 2.12. The van der Waals surface area contributed by atoms with Gasteiger partial charge in [0.05, 0.1) is 12.3 Å². The first-order valence-electron chi connectivity index (χ1n) is 5.47. The van der Waals surface area contributed by atoms with Gasteiger partial charge in [0.2, 0.25) is 0 Å². The first kappa shape index (κ1) is 13.1. The standard InChI is InChI=1S/C13H13BrN2OS/c1-8(12-3-2-6-17-12)16-11-7-9(14)4-5-10(11)13(15)18/h2-8,16H,1H3,(H2,15,18). The highest BCUT2D eigenvalue weighted by Crippen LogP contribution is 2.26. The lowest BCUT2D eigenvalue weighted by molar-refractivity contribution is 0.490. The molecule has 1 unspecified atom stereocenters. The predicted octanol–water partition coefficient (Wildman–Crippen LogP) is 3.85. The van der Waals surface area contributed by atoms with Crippen LogP contribution in [0.15, 0.2) is 45.5 Å². The number of halogens is 1. The highest BCUT2D eigenvalue weighted by molar-refractivity contribution is 9.10. The minimum atomic E-state index is 0.0439. The average molecular weight is 325 g/mol. The van der Waals surface area contributed by atoms with Crippen LogP contribution in [0.5, 0.6) is 0 Å². The molecule has 0 saturated heterocycles. The summed E-state index contributed by atoms with van der Waals surface area (Å²) in [5, 5.41) is 3.34. The Morgan fingerprint density at radius 2 is 2.22 bits per heavy atom. The molecule has 2 rings (SSSR count). The van der Waals surface area contributed by atoms with Crippen molar-refractivity contribution in [1.82, 2.24) is 0 Å². The maximum atomic E-state index is 5.71. The smallest absolute Gasteiger partial charge is 0.125 e. The van der Waals surface area contributed by atoms with E-state index in [0.29, 0.717) is 4.99 Å². The molecule has 3 nitrogen and oxygen atoms in total. The summed E-state index contributed by atoms with van der Waals surface area (Å²) in [6.45, 7) is 2.02. The molecule has 94 valence electrons. The van der Waals surface area contributed by atoms with Gasteiger partial charge >= 0.3 is 0 Å². The largest absolute Gasteiger partial charge is 0.467 e. The van der Waals surface area contributed by atoms with Crippen molar-refractivity contribution in [2.45, 2.75) is 13.0 Å². The molecule has 1 atom stereocenters. The topological polar surface area (TPSA) is 51.2 Å². The van der Waals surface area contributed by atoms with E-state index >= 15 is 0 Å². The third-order valence-corrected chi connectivity index (χ3v) is 3.30. The highest BCUT2D eigenvalue weighted by atomic mass is 79.9. The van der Waals surface area contributed by atoms with Crippen molar-refractivity contribution < 1.29 is 4.42 Å². The monoisotopic (exact) mass is 324 g/mol. The lowest BCUT2D eigenvalue weighted by Gasteiger charge is -2.16. The van der Waals surface area contributed by atoms with Crippen LogP contribution in [0.4, 0.5) is 5.69 Å². The lowest BCUT2D eigenvalue weighted by Crippen LogP contribution is -2.14. The zero-order valence-corrected chi connectivity index (χ0v) is 12.2. The molecule has 0 aliphatic carbocycles. The quantitative estimate of drug-likeness (QED) is 0.839. The van der Waals surface area contributed by atoms with Crippen molar-refractivity contribution >= 4 is 38.8 Å². The summed E-state index contributed by atoms with van der Waals surface area (Å²) in [6.07, 6.45) is 1.66. The van der Waals surface area contributed by atoms with Gasteiger partial charge in [-0.3, -0.25) is 0 Å². The Labute approximate surface area is 119 Å². The van der Waals surface area contributed by atoms with Gasteiger partial charge in [0.25, 0.3) is 0 Å². The molecule has 18 heavy (non-hydrogen) atoms. The molecule has 0 fully saturated rings. The van der Waals surface area contributed by atoms with Crippen LogP contribution in [0.2, 0.25) is 0 Å². The Bertz CT molecular complexity index is 554. The number of thiocarbonyl (C=S) groups is 1. The molecule has 0 amide bonds. The molecule has 5 heteroatoms. The van der Waals surface area contributed by atoms with E-state index in [4.69, 9.17) is 22.4 Å². The van der Waals surface area contributed by atoms with E-state index in [-0.39, 0.29) is 6.04 Å². The molecule has 2 aromatic rings. The fourth-order valence-electron chi connectivity index (χ4n) is 1.69. The van der Waals surface area contributed by atoms with E-state index < -0.39 is 0 Å². The van der Waals surface area contributed by atoms with Crippen LogP contribution in [0.25, 0.3) is 0 Å². The van der Waals surface area contributed by atoms with Crippen LogP contribution in [-0.4, -0.2) is 4.99 Å². The number of anilines is 1. The molecule has 1 aromatic carbocycles. The predicted molar refractivity (Wildman–Crippen MR) is 80.8 cm³/mol. The van der Waals surface area contributed by atoms with Crippen LogP contribution in [0.1, 0.15) is 24.3 Å². The summed E-state index contributed by atoms with van der Waals surface area (Å²) in [6, 6.07) is 9.59. The molecule has 0 radical (unpaired) electrons. The SMILES string of the molecule is CC(Nc1cc(Br)ccc1C(N)=S)c1ccco1. The lowest BCUT2D eigenvalue weighted by atomic mass is 10.1. The van der Waals surface area contributed by atoms with Gasteiger partial charge in [0, 0.05) is 15.7 Å².